The van der Waals surface area contributed by atoms with Crippen LogP contribution in [0.3, 0.4) is 0 Å². The van der Waals surface area contributed by atoms with Crippen molar-refractivity contribution < 1.29 is 25.3 Å². The smallest absolute Gasteiger partial charge is 0.300 e. The summed E-state index contributed by atoms with van der Waals surface area (Å²) in [7, 11) is 0. The van der Waals surface area contributed by atoms with Crippen LogP contribution in [0.5, 0.6) is 0 Å². The normalized spacial score (nSPS) is 11.6. The summed E-state index contributed by atoms with van der Waals surface area (Å²) in [6.45, 7) is 2.53. The van der Waals surface area contributed by atoms with Gasteiger partial charge in [-0.15, -0.1) is 0 Å². The third-order valence-corrected chi connectivity index (χ3v) is 3.28. The minimum absolute atomic E-state index is 0.237. The van der Waals surface area contributed by atoms with Crippen LogP contribution in [0.1, 0.15) is 37.8 Å². The van der Waals surface area contributed by atoms with Crippen LogP contribution < -0.4 is 5.73 Å². The zero-order chi connectivity index (χ0) is 17.9. The molecule has 0 radical (unpaired) electrons. The van der Waals surface area contributed by atoms with Crippen LogP contribution in [-0.2, 0) is 11.2 Å². The van der Waals surface area contributed by atoms with Crippen LogP contribution in [0.4, 0.5) is 0 Å². The minimum atomic E-state index is -0.931. The first-order valence-electron chi connectivity index (χ1n) is 7.32. The third-order valence-electron chi connectivity index (χ3n) is 3.28. The van der Waals surface area contributed by atoms with Gasteiger partial charge in [-0.2, -0.15) is 0 Å². The number of carboxylic acids is 1. The molecule has 0 aromatic heterocycles. The molecule has 0 saturated carbocycles. The van der Waals surface area contributed by atoms with Gasteiger partial charge in [-0.1, -0.05) is 36.3 Å². The second-order valence-corrected chi connectivity index (χ2v) is 5.29. The number of hydrogen-bond acceptors (Lipinski definition) is 6. The van der Waals surface area contributed by atoms with Gasteiger partial charge in [-0.3, -0.25) is 4.79 Å². The standard InChI is InChI=1S/C14H22N2O3.C2H4O2/c1-2-13(16-19)12-5-3-11(4-6-12)7-8-14(15,9-17)10-18;1-2(3)4/h3-6,17-19H,2,7-10,15H2,1H3;1H3,(H,3,4)/b16-13-;. The Kier molecular flexibility index (Phi) is 9.80. The number of aryl methyl sites for hydroxylation is 1. The molecule has 7 nitrogen and oxygen atoms in total. The lowest BCUT2D eigenvalue weighted by Gasteiger charge is -2.24. The highest BCUT2D eigenvalue weighted by Crippen LogP contribution is 2.13. The summed E-state index contributed by atoms with van der Waals surface area (Å²) in [6, 6.07) is 7.66. The molecular weight excluding hydrogens is 300 g/mol. The Morgan fingerprint density at radius 1 is 1.22 bits per heavy atom. The van der Waals surface area contributed by atoms with Gasteiger partial charge in [0, 0.05) is 6.92 Å². The van der Waals surface area contributed by atoms with Gasteiger partial charge in [-0.25, -0.2) is 0 Å². The Labute approximate surface area is 136 Å². The molecule has 0 heterocycles. The van der Waals surface area contributed by atoms with E-state index < -0.39 is 11.5 Å². The Morgan fingerprint density at radius 2 is 1.70 bits per heavy atom. The highest BCUT2D eigenvalue weighted by Gasteiger charge is 2.22. The quantitative estimate of drug-likeness (QED) is 0.288. The molecule has 0 saturated heterocycles. The topological polar surface area (TPSA) is 136 Å². The Bertz CT molecular complexity index is 492. The van der Waals surface area contributed by atoms with E-state index in [4.69, 9.17) is 31.1 Å². The second kappa shape index (κ2) is 10.7. The van der Waals surface area contributed by atoms with Gasteiger partial charge in [0.1, 0.15) is 0 Å². The minimum Gasteiger partial charge on any atom is -0.481 e. The molecule has 23 heavy (non-hydrogen) atoms. The van der Waals surface area contributed by atoms with Gasteiger partial charge in [0.05, 0.1) is 24.5 Å². The number of rotatable bonds is 7. The molecule has 0 aliphatic rings. The number of carboxylic acid groups (broad SMARTS) is 1. The van der Waals surface area contributed by atoms with Gasteiger partial charge in [-0.05, 0) is 30.4 Å². The summed E-state index contributed by atoms with van der Waals surface area (Å²) < 4.78 is 0. The summed E-state index contributed by atoms with van der Waals surface area (Å²) in [4.78, 5) is 9.00. The highest BCUT2D eigenvalue weighted by molar-refractivity contribution is 5.99. The molecule has 0 aliphatic carbocycles. The fourth-order valence-electron chi connectivity index (χ4n) is 1.80. The number of hydrogen-bond donors (Lipinski definition) is 5. The molecule has 0 unspecified atom stereocenters. The number of aliphatic hydroxyl groups is 2. The predicted octanol–water partition coefficient (Wildman–Crippen LogP) is 0.981. The third kappa shape index (κ3) is 8.29. The fourth-order valence-corrected chi connectivity index (χ4v) is 1.80. The van der Waals surface area contributed by atoms with Gasteiger partial charge in [0.25, 0.3) is 5.97 Å². The average Bonchev–Trinajstić information content (AvgIpc) is 2.54. The molecule has 0 amide bonds. The van der Waals surface area contributed by atoms with E-state index in [0.717, 1.165) is 18.1 Å². The van der Waals surface area contributed by atoms with Crippen molar-refractivity contribution in [2.24, 2.45) is 10.9 Å². The monoisotopic (exact) mass is 326 g/mol. The number of benzene rings is 1. The molecule has 0 spiro atoms. The number of oxime groups is 1. The molecule has 0 aliphatic heterocycles. The molecule has 130 valence electrons. The SMILES string of the molecule is CC(=O)O.CC/C(=N/O)c1ccc(CCC(N)(CO)CO)cc1. The van der Waals surface area contributed by atoms with E-state index in [0.29, 0.717) is 25.0 Å². The van der Waals surface area contributed by atoms with Gasteiger partial charge in [0.15, 0.2) is 0 Å². The molecule has 7 heteroatoms. The van der Waals surface area contributed by atoms with E-state index >= 15 is 0 Å². The maximum Gasteiger partial charge on any atom is 0.300 e. The van der Waals surface area contributed by atoms with Crippen molar-refractivity contribution in [2.75, 3.05) is 13.2 Å². The maximum absolute atomic E-state index is 9.12. The van der Waals surface area contributed by atoms with E-state index in [2.05, 4.69) is 5.16 Å². The molecule has 1 aromatic rings. The lowest BCUT2D eigenvalue weighted by molar-refractivity contribution is -0.134. The van der Waals surface area contributed by atoms with E-state index in [1.54, 1.807) is 0 Å². The molecule has 1 aromatic carbocycles. The Hall–Kier alpha value is -1.96. The van der Waals surface area contributed by atoms with Crippen LogP contribution >= 0.6 is 0 Å². The molecule has 1 rings (SSSR count). The van der Waals surface area contributed by atoms with Crippen LogP contribution in [0.15, 0.2) is 29.4 Å². The first kappa shape index (κ1) is 21.0. The number of nitrogens with zero attached hydrogens (tertiary/aromatic N) is 1. The average molecular weight is 326 g/mol. The zero-order valence-corrected chi connectivity index (χ0v) is 13.6. The van der Waals surface area contributed by atoms with E-state index in [9.17, 15) is 0 Å². The van der Waals surface area contributed by atoms with Crippen molar-refractivity contribution in [3.05, 3.63) is 35.4 Å². The van der Waals surface area contributed by atoms with Crippen LogP contribution in [0.25, 0.3) is 0 Å². The second-order valence-electron chi connectivity index (χ2n) is 5.29. The van der Waals surface area contributed by atoms with Crippen molar-refractivity contribution in [1.29, 1.82) is 0 Å². The summed E-state index contributed by atoms with van der Waals surface area (Å²) in [5, 5.41) is 37.7. The molecule has 0 fully saturated rings. The largest absolute Gasteiger partial charge is 0.481 e. The van der Waals surface area contributed by atoms with Crippen molar-refractivity contribution in [1.82, 2.24) is 0 Å². The summed E-state index contributed by atoms with van der Waals surface area (Å²) >= 11 is 0. The summed E-state index contributed by atoms with van der Waals surface area (Å²) in [6.07, 6.45) is 1.85. The van der Waals surface area contributed by atoms with Gasteiger partial charge >= 0.3 is 0 Å². The summed E-state index contributed by atoms with van der Waals surface area (Å²) in [5.74, 6) is -0.833. The van der Waals surface area contributed by atoms with E-state index in [1.165, 1.54) is 0 Å². The number of carbonyl (C=O) groups is 1. The first-order valence-corrected chi connectivity index (χ1v) is 7.32. The van der Waals surface area contributed by atoms with Crippen LogP contribution in [-0.4, -0.2) is 51.0 Å². The van der Waals surface area contributed by atoms with E-state index in [1.807, 2.05) is 31.2 Å². The Morgan fingerprint density at radius 3 is 2.04 bits per heavy atom. The van der Waals surface area contributed by atoms with Crippen LogP contribution in [0.2, 0.25) is 0 Å². The van der Waals surface area contributed by atoms with Gasteiger partial charge < -0.3 is 26.3 Å². The number of aliphatic carboxylic acids is 1. The maximum atomic E-state index is 9.12. The number of aliphatic hydroxyl groups excluding tert-OH is 2. The molecular formula is C16H26N2O5. The van der Waals surface area contributed by atoms with E-state index in [-0.39, 0.29) is 13.2 Å². The van der Waals surface area contributed by atoms with Crippen LogP contribution in [0, 0.1) is 0 Å². The van der Waals surface area contributed by atoms with Crippen molar-refractivity contribution >= 4 is 11.7 Å². The highest BCUT2D eigenvalue weighted by atomic mass is 16.4. The van der Waals surface area contributed by atoms with Crippen molar-refractivity contribution in [2.45, 2.75) is 38.6 Å². The number of nitrogens with two attached hydrogens (primary N) is 1. The molecule has 6 N–H and O–H groups in total. The molecule has 0 bridgehead atoms. The lowest BCUT2D eigenvalue weighted by atomic mass is 9.93. The lowest BCUT2D eigenvalue weighted by Crippen LogP contribution is -2.47. The Balaban J connectivity index is 0.00000108. The zero-order valence-electron chi connectivity index (χ0n) is 13.6. The first-order chi connectivity index (χ1) is 10.8. The predicted molar refractivity (Wildman–Crippen MR) is 87.8 cm³/mol. The molecule has 0 atom stereocenters. The summed E-state index contributed by atoms with van der Waals surface area (Å²) in [5.41, 5.74) is 7.48. The van der Waals surface area contributed by atoms with Crippen molar-refractivity contribution in [3.63, 3.8) is 0 Å². The van der Waals surface area contributed by atoms with Crippen molar-refractivity contribution in [3.8, 4) is 0 Å². The van der Waals surface area contributed by atoms with Gasteiger partial charge in [0.2, 0.25) is 0 Å². The fraction of sp³-hybridized carbons (Fsp3) is 0.500.